The minimum absolute atomic E-state index is 0. The fraction of sp³-hybridized carbons (Fsp3) is 0.567. The Balaban J connectivity index is 0.000000201. The van der Waals surface area contributed by atoms with Crippen LogP contribution in [0.15, 0.2) is 84.9 Å². The van der Waals surface area contributed by atoms with Crippen molar-refractivity contribution in [2.24, 2.45) is 35.5 Å². The van der Waals surface area contributed by atoms with Gasteiger partial charge in [-0.2, -0.15) is 8.78 Å². The molecule has 1 N–H and O–H groups in total. The van der Waals surface area contributed by atoms with E-state index in [1.54, 1.807) is 77.1 Å². The first-order chi connectivity index (χ1) is 50.9. The SMILES string of the molecule is C.C.C1CCOC1.C1CCOC1.CCOc1ccc(C2(O)CCC(C3CCC(c4ccc(C)c(F)c4F)CC3)CC2)c(F)c1F.CCOc1ccc(C2=CCC(C3CCC(c4ccc(C)c(F)c4F)CC3)CC2)c(F)c1F.Cc1ccc(C2CCC(C3CCC(=O)CC3)CC2)c(F)c1F.Cc1cccc(F)c1F. The Bertz CT molecular complexity index is 3800. The second kappa shape index (κ2) is 42.7. The Morgan fingerprint density at radius 1 is 0.389 bits per heavy atom. The molecule has 8 aliphatic rings. The Kier molecular flexibility index (Phi) is 35.0. The third kappa shape index (κ3) is 23.0. The second-order valence-electron chi connectivity index (χ2n) is 30.5. The van der Waals surface area contributed by atoms with Gasteiger partial charge in [0.05, 0.1) is 18.8 Å². The molecule has 108 heavy (non-hydrogen) atoms. The molecule has 0 radical (unpaired) electrons. The molecule has 1 unspecified atom stereocenters. The molecule has 6 aliphatic carbocycles. The highest BCUT2D eigenvalue weighted by Gasteiger charge is 2.42. The first kappa shape index (κ1) is 88.6. The first-order valence-corrected chi connectivity index (χ1v) is 39.0. The molecule has 0 amide bonds. The maximum Gasteiger partial charge on any atom is 0.201 e. The van der Waals surface area contributed by atoms with Gasteiger partial charge >= 0.3 is 0 Å². The van der Waals surface area contributed by atoms with Crippen LogP contribution in [0.3, 0.4) is 0 Å². The lowest BCUT2D eigenvalue weighted by atomic mass is 9.66. The molecule has 1 atom stereocenters. The summed E-state index contributed by atoms with van der Waals surface area (Å²) in [6.07, 6.45) is 26.6. The molecule has 0 aromatic heterocycles. The van der Waals surface area contributed by atoms with Gasteiger partial charge in [-0.25, -0.2) is 43.9 Å². The number of halogens is 12. The highest BCUT2D eigenvalue weighted by Crippen LogP contribution is 2.50. The number of aryl methyl sites for hydroxylation is 4. The van der Waals surface area contributed by atoms with Crippen LogP contribution in [0.5, 0.6) is 11.5 Å². The van der Waals surface area contributed by atoms with Gasteiger partial charge in [0.2, 0.25) is 11.6 Å². The Morgan fingerprint density at radius 2 is 0.759 bits per heavy atom. The highest BCUT2D eigenvalue weighted by molar-refractivity contribution is 5.79. The topological polar surface area (TPSA) is 74.2 Å². The number of ketones is 1. The van der Waals surface area contributed by atoms with Crippen molar-refractivity contribution in [3.63, 3.8) is 0 Å². The van der Waals surface area contributed by atoms with Crippen LogP contribution in [0.25, 0.3) is 5.57 Å². The van der Waals surface area contributed by atoms with Crippen LogP contribution in [-0.4, -0.2) is 50.5 Å². The van der Waals surface area contributed by atoms with Crippen molar-refractivity contribution < 1.29 is 81.5 Å². The number of rotatable bonds is 12. The van der Waals surface area contributed by atoms with Crippen molar-refractivity contribution in [1.29, 1.82) is 0 Å². The molecule has 6 aromatic rings. The minimum atomic E-state index is -1.38. The van der Waals surface area contributed by atoms with E-state index in [2.05, 4.69) is 0 Å². The van der Waals surface area contributed by atoms with Crippen molar-refractivity contribution in [1.82, 2.24) is 0 Å². The van der Waals surface area contributed by atoms with E-state index < -0.39 is 75.4 Å². The van der Waals surface area contributed by atoms with E-state index in [4.69, 9.17) is 18.9 Å². The zero-order valence-electron chi connectivity index (χ0n) is 62.6. The lowest BCUT2D eigenvalue weighted by Crippen LogP contribution is -2.35. The highest BCUT2D eigenvalue weighted by atomic mass is 19.2. The smallest absolute Gasteiger partial charge is 0.201 e. The zero-order chi connectivity index (χ0) is 76.2. The molecule has 7 fully saturated rings. The fourth-order valence-corrected chi connectivity index (χ4v) is 17.3. The molecule has 2 saturated heterocycles. The molecule has 6 nitrogen and oxygen atoms in total. The van der Waals surface area contributed by atoms with Crippen molar-refractivity contribution in [3.8, 4) is 11.5 Å². The average Bonchev–Trinajstić information content (AvgIpc) is 0.855. The van der Waals surface area contributed by atoms with E-state index >= 15 is 0 Å². The lowest BCUT2D eigenvalue weighted by molar-refractivity contribution is -0.121. The summed E-state index contributed by atoms with van der Waals surface area (Å²) in [5, 5.41) is 11.1. The van der Waals surface area contributed by atoms with Crippen molar-refractivity contribution in [2.75, 3.05) is 39.6 Å². The van der Waals surface area contributed by atoms with Crippen LogP contribution in [0.2, 0.25) is 0 Å². The number of carbonyl (C=O) groups excluding carboxylic acids is 1. The van der Waals surface area contributed by atoms with Gasteiger partial charge in [0.25, 0.3) is 0 Å². The predicted octanol–water partition coefficient (Wildman–Crippen LogP) is 25.9. The summed E-state index contributed by atoms with van der Waals surface area (Å²) in [4.78, 5) is 11.3. The first-order valence-electron chi connectivity index (χ1n) is 39.0. The lowest BCUT2D eigenvalue weighted by Gasteiger charge is -2.41. The molecular formula is C90H116F12O6. The number of aliphatic hydroxyl groups is 1. The van der Waals surface area contributed by atoms with E-state index in [9.17, 15) is 62.6 Å². The molecule has 2 heterocycles. The van der Waals surface area contributed by atoms with Gasteiger partial charge in [-0.15, -0.1) is 0 Å². The number of Topliss-reactive ketones (excluding diaryl/α,β-unsaturated/α-hetero) is 1. The van der Waals surface area contributed by atoms with Crippen molar-refractivity contribution >= 4 is 11.4 Å². The number of benzene rings is 6. The standard InChI is InChI=1S/C27H32F4O2.C27H30F4O.C19H24F2O.C7H6F2.2C4H8O.2CH4/c1-3-33-22-11-10-21(25(30)26(22)31)27(32)14-12-18(13-15-27)17-5-7-19(8-6-17)20-9-4-16(2)23(28)24(20)29;1-3-32-23-15-14-22(26(30)27(23)31)20-11-7-18(8-12-20)17-5-9-19(10-6-17)21-13-4-16(2)24(28)25(21)29;1-12-2-11-17(19(21)18(12)20)15-5-3-13(4-6-15)14-7-9-16(22)10-8-14;1-5-3-2-4-6(8)7(5)9;2*1-2-4-5-3-1;;/h4,9-11,17-19,32H,3,5-8,12-15H2,1-2H3;4,11,13-15,17-19H,3,5-10,12H2,1-2H3;2,11,13-15H,3-10H2,1H3;2-4H,1H3;2*1-4H2;2*1H4. The number of carbonyl (C=O) groups is 1. The van der Waals surface area contributed by atoms with E-state index in [-0.39, 0.29) is 62.9 Å². The van der Waals surface area contributed by atoms with Crippen LogP contribution in [0.4, 0.5) is 52.7 Å². The Hall–Kier alpha value is -6.63. The van der Waals surface area contributed by atoms with Crippen LogP contribution >= 0.6 is 0 Å². The number of hydrogen-bond donors (Lipinski definition) is 1. The molecule has 5 saturated carbocycles. The Morgan fingerprint density at radius 3 is 1.13 bits per heavy atom. The van der Waals surface area contributed by atoms with E-state index in [1.165, 1.54) is 62.9 Å². The van der Waals surface area contributed by atoms with Gasteiger partial charge in [0.15, 0.2) is 69.7 Å². The van der Waals surface area contributed by atoms with Gasteiger partial charge in [-0.05, 0) is 330 Å². The minimum Gasteiger partial charge on any atom is -0.491 e. The monoisotopic (exact) mass is 1520 g/mol. The van der Waals surface area contributed by atoms with Gasteiger partial charge in [0, 0.05) is 50.4 Å². The quantitative estimate of drug-likeness (QED) is 0.123. The van der Waals surface area contributed by atoms with Crippen LogP contribution in [-0.2, 0) is 19.9 Å². The molecule has 6 aromatic carbocycles. The van der Waals surface area contributed by atoms with Crippen molar-refractivity contribution in [2.45, 2.75) is 253 Å². The fourth-order valence-electron chi connectivity index (χ4n) is 17.3. The van der Waals surface area contributed by atoms with Crippen LogP contribution < -0.4 is 9.47 Å². The van der Waals surface area contributed by atoms with E-state index in [0.29, 0.717) is 105 Å². The number of allylic oxidation sites excluding steroid dienone is 2. The maximum atomic E-state index is 14.7. The Labute approximate surface area is 634 Å². The van der Waals surface area contributed by atoms with Crippen LogP contribution in [0.1, 0.15) is 270 Å². The molecule has 18 heteroatoms. The van der Waals surface area contributed by atoms with Gasteiger partial charge in [-0.3, -0.25) is 4.79 Å². The third-order valence-corrected chi connectivity index (χ3v) is 23.8. The molecule has 596 valence electrons. The predicted molar refractivity (Wildman–Crippen MR) is 405 cm³/mol. The van der Waals surface area contributed by atoms with Crippen LogP contribution in [0, 0.1) is 133 Å². The summed E-state index contributed by atoms with van der Waals surface area (Å²) in [5.41, 5.74) is 2.72. The average molecular weight is 1520 g/mol. The summed E-state index contributed by atoms with van der Waals surface area (Å²) in [6.45, 7) is 14.2. The van der Waals surface area contributed by atoms with E-state index in [0.717, 1.165) is 166 Å². The normalized spacial score (nSPS) is 24.1. The summed E-state index contributed by atoms with van der Waals surface area (Å²) >= 11 is 0. The summed E-state index contributed by atoms with van der Waals surface area (Å²) < 4.78 is 187. The maximum absolute atomic E-state index is 14.7. The molecular weight excluding hydrogens is 1400 g/mol. The van der Waals surface area contributed by atoms with Gasteiger partial charge in [0.1, 0.15) is 5.78 Å². The third-order valence-electron chi connectivity index (χ3n) is 23.8. The molecule has 0 bridgehead atoms. The largest absolute Gasteiger partial charge is 0.491 e. The molecule has 14 rings (SSSR count). The van der Waals surface area contributed by atoms with E-state index in [1.807, 2.05) is 6.08 Å². The molecule has 2 aliphatic heterocycles. The summed E-state index contributed by atoms with van der Waals surface area (Å²) in [5.74, 6) is -5.95. The zero-order valence-corrected chi connectivity index (χ0v) is 62.6. The number of ether oxygens (including phenoxy) is 4. The summed E-state index contributed by atoms with van der Waals surface area (Å²) in [7, 11) is 0. The second-order valence-corrected chi connectivity index (χ2v) is 30.5. The van der Waals surface area contributed by atoms with Gasteiger partial charge < -0.3 is 24.1 Å². The van der Waals surface area contributed by atoms with Gasteiger partial charge in [-0.1, -0.05) is 69.5 Å². The van der Waals surface area contributed by atoms with Crippen molar-refractivity contribution in [3.05, 3.63) is 205 Å². The summed E-state index contributed by atoms with van der Waals surface area (Å²) in [6, 6.07) is 20.2. The number of hydrogen-bond acceptors (Lipinski definition) is 6. The molecule has 0 spiro atoms.